The molecule has 0 aliphatic carbocycles. The third kappa shape index (κ3) is 5.40. The van der Waals surface area contributed by atoms with Crippen LogP contribution in [0.2, 0.25) is 0 Å². The molecule has 1 N–H and O–H groups in total. The van der Waals surface area contributed by atoms with Crippen molar-refractivity contribution in [1.29, 1.82) is 0 Å². The fourth-order valence-electron chi connectivity index (χ4n) is 2.50. The molecule has 1 amide bonds. The summed E-state index contributed by atoms with van der Waals surface area (Å²) in [5.41, 5.74) is 0. The number of amides is 1. The largest absolute Gasteiger partial charge is 0.355 e. The highest BCUT2D eigenvalue weighted by atomic mass is 32.2. The van der Waals surface area contributed by atoms with E-state index in [4.69, 9.17) is 0 Å². The Morgan fingerprint density at radius 1 is 1.35 bits per heavy atom. The van der Waals surface area contributed by atoms with E-state index in [1.165, 1.54) is 0 Å². The second kappa shape index (κ2) is 7.41. The molecule has 0 aromatic carbocycles. The van der Waals surface area contributed by atoms with E-state index in [-0.39, 0.29) is 23.3 Å². The molecule has 6 heteroatoms. The number of nitrogens with one attached hydrogen (secondary N) is 1. The van der Waals surface area contributed by atoms with Gasteiger partial charge in [0.05, 0.1) is 18.1 Å². The van der Waals surface area contributed by atoms with E-state index >= 15 is 0 Å². The molecule has 0 saturated carbocycles. The van der Waals surface area contributed by atoms with Gasteiger partial charge in [-0.05, 0) is 31.7 Å². The molecule has 20 heavy (non-hydrogen) atoms. The van der Waals surface area contributed by atoms with Crippen LogP contribution < -0.4 is 5.32 Å². The first-order valence-corrected chi connectivity index (χ1v) is 9.28. The first kappa shape index (κ1) is 17.4. The molecular formula is C14H28N2O3S. The molecule has 0 aromatic heterocycles. The van der Waals surface area contributed by atoms with Crippen molar-refractivity contribution in [3.8, 4) is 0 Å². The minimum Gasteiger partial charge on any atom is -0.355 e. The van der Waals surface area contributed by atoms with Crippen LogP contribution in [0.1, 0.15) is 34.1 Å². The van der Waals surface area contributed by atoms with Crippen LogP contribution in [0.5, 0.6) is 0 Å². The summed E-state index contributed by atoms with van der Waals surface area (Å²) in [5, 5.41) is 2.88. The van der Waals surface area contributed by atoms with Gasteiger partial charge in [0.15, 0.2) is 9.84 Å². The number of sulfone groups is 1. The second-order valence-corrected chi connectivity index (χ2v) is 8.35. The van der Waals surface area contributed by atoms with Gasteiger partial charge < -0.3 is 5.32 Å². The van der Waals surface area contributed by atoms with Gasteiger partial charge in [-0.15, -0.1) is 0 Å². The van der Waals surface area contributed by atoms with Crippen LogP contribution in [0.25, 0.3) is 0 Å². The average Bonchev–Trinajstić information content (AvgIpc) is 2.72. The Bertz CT molecular complexity index is 420. The second-order valence-electron chi connectivity index (χ2n) is 6.12. The topological polar surface area (TPSA) is 66.5 Å². The van der Waals surface area contributed by atoms with Gasteiger partial charge in [0, 0.05) is 12.6 Å². The maximum atomic E-state index is 12.0. The van der Waals surface area contributed by atoms with Crippen molar-refractivity contribution in [2.24, 2.45) is 11.8 Å². The van der Waals surface area contributed by atoms with Crippen molar-refractivity contribution in [2.75, 3.05) is 31.1 Å². The van der Waals surface area contributed by atoms with Crippen molar-refractivity contribution in [2.45, 2.75) is 40.2 Å². The molecule has 0 aromatic rings. The number of hydrogen-bond acceptors (Lipinski definition) is 4. The SMILES string of the molecule is CCN(CC(=O)NC[C@@H]1CCS(=O)(=O)C1)[C@H](C)C(C)C. The Kier molecular flexibility index (Phi) is 6.45. The summed E-state index contributed by atoms with van der Waals surface area (Å²) >= 11 is 0. The molecule has 1 fully saturated rings. The summed E-state index contributed by atoms with van der Waals surface area (Å²) in [6.07, 6.45) is 0.669. The van der Waals surface area contributed by atoms with Crippen LogP contribution in [-0.4, -0.2) is 56.4 Å². The van der Waals surface area contributed by atoms with Crippen molar-refractivity contribution < 1.29 is 13.2 Å². The molecule has 1 aliphatic heterocycles. The number of carbonyl (C=O) groups excluding carboxylic acids is 1. The standard InChI is InChI=1S/C14H28N2O3S/c1-5-16(12(4)11(2)3)9-14(17)15-8-13-6-7-20(18,19)10-13/h11-13H,5-10H2,1-4H3,(H,15,17)/t12-,13+/m1/s1. The van der Waals surface area contributed by atoms with E-state index in [9.17, 15) is 13.2 Å². The molecule has 0 radical (unpaired) electrons. The van der Waals surface area contributed by atoms with Crippen LogP contribution in [0.15, 0.2) is 0 Å². The predicted molar refractivity (Wildman–Crippen MR) is 81.3 cm³/mol. The third-order valence-corrected chi connectivity index (χ3v) is 6.05. The molecular weight excluding hydrogens is 276 g/mol. The van der Waals surface area contributed by atoms with Crippen LogP contribution in [0, 0.1) is 11.8 Å². The van der Waals surface area contributed by atoms with Crippen LogP contribution in [0.4, 0.5) is 0 Å². The van der Waals surface area contributed by atoms with Gasteiger partial charge in [0.1, 0.15) is 0 Å². The lowest BCUT2D eigenvalue weighted by atomic mass is 10.0. The van der Waals surface area contributed by atoms with Crippen LogP contribution in [0.3, 0.4) is 0 Å². The van der Waals surface area contributed by atoms with Crippen molar-refractivity contribution in [3.05, 3.63) is 0 Å². The molecule has 5 nitrogen and oxygen atoms in total. The molecule has 1 aliphatic rings. The highest BCUT2D eigenvalue weighted by molar-refractivity contribution is 7.91. The van der Waals surface area contributed by atoms with Gasteiger partial charge >= 0.3 is 0 Å². The van der Waals surface area contributed by atoms with Gasteiger partial charge in [-0.3, -0.25) is 9.69 Å². The molecule has 1 heterocycles. The molecule has 0 spiro atoms. The van der Waals surface area contributed by atoms with Gasteiger partial charge in [-0.25, -0.2) is 8.42 Å². The summed E-state index contributed by atoms with van der Waals surface area (Å²) in [7, 11) is -2.86. The van der Waals surface area contributed by atoms with E-state index in [1.807, 2.05) is 0 Å². The number of hydrogen-bond donors (Lipinski definition) is 1. The lowest BCUT2D eigenvalue weighted by Gasteiger charge is -2.30. The fourth-order valence-corrected chi connectivity index (χ4v) is 4.36. The first-order chi connectivity index (χ1) is 9.25. The maximum absolute atomic E-state index is 12.0. The maximum Gasteiger partial charge on any atom is 0.234 e. The van der Waals surface area contributed by atoms with Crippen molar-refractivity contribution >= 4 is 15.7 Å². The average molecular weight is 304 g/mol. The Morgan fingerprint density at radius 2 is 2.00 bits per heavy atom. The summed E-state index contributed by atoms with van der Waals surface area (Å²) in [6, 6.07) is 0.359. The van der Waals surface area contributed by atoms with E-state index < -0.39 is 9.84 Å². The van der Waals surface area contributed by atoms with Gasteiger partial charge in [-0.1, -0.05) is 20.8 Å². The highest BCUT2D eigenvalue weighted by Crippen LogP contribution is 2.17. The van der Waals surface area contributed by atoms with Crippen molar-refractivity contribution in [3.63, 3.8) is 0 Å². The number of nitrogens with zero attached hydrogens (tertiary/aromatic N) is 1. The summed E-state index contributed by atoms with van der Waals surface area (Å²) in [4.78, 5) is 14.1. The number of rotatable bonds is 7. The Hall–Kier alpha value is -0.620. The molecule has 1 rings (SSSR count). The lowest BCUT2D eigenvalue weighted by Crippen LogP contribution is -2.44. The minimum absolute atomic E-state index is 0.0105. The van der Waals surface area contributed by atoms with Gasteiger partial charge in [-0.2, -0.15) is 0 Å². The minimum atomic E-state index is -2.86. The number of carbonyl (C=O) groups is 1. The van der Waals surface area contributed by atoms with E-state index in [0.717, 1.165) is 6.54 Å². The van der Waals surface area contributed by atoms with E-state index in [1.54, 1.807) is 0 Å². The van der Waals surface area contributed by atoms with Crippen LogP contribution >= 0.6 is 0 Å². The zero-order valence-corrected chi connectivity index (χ0v) is 13.9. The summed E-state index contributed by atoms with van der Waals surface area (Å²) < 4.78 is 22.7. The fraction of sp³-hybridized carbons (Fsp3) is 0.929. The predicted octanol–water partition coefficient (Wildman–Crippen LogP) is 0.904. The Balaban J connectivity index is 2.36. The Morgan fingerprint density at radius 3 is 2.45 bits per heavy atom. The molecule has 0 unspecified atom stereocenters. The molecule has 118 valence electrons. The quantitative estimate of drug-likeness (QED) is 0.759. The molecule has 0 bridgehead atoms. The third-order valence-electron chi connectivity index (χ3n) is 4.21. The van der Waals surface area contributed by atoms with Gasteiger partial charge in [0.2, 0.25) is 5.91 Å². The van der Waals surface area contributed by atoms with Gasteiger partial charge in [0.25, 0.3) is 0 Å². The Labute approximate surface area is 123 Å². The number of likely N-dealkylation sites (N-methyl/N-ethyl adjacent to an activating group) is 1. The summed E-state index contributed by atoms with van der Waals surface area (Å²) in [5.74, 6) is 1.06. The highest BCUT2D eigenvalue weighted by Gasteiger charge is 2.28. The lowest BCUT2D eigenvalue weighted by molar-refractivity contribution is -0.123. The summed E-state index contributed by atoms with van der Waals surface area (Å²) in [6.45, 7) is 10.2. The first-order valence-electron chi connectivity index (χ1n) is 7.46. The molecule has 2 atom stereocenters. The van der Waals surface area contributed by atoms with Crippen molar-refractivity contribution in [1.82, 2.24) is 10.2 Å². The van der Waals surface area contributed by atoms with E-state index in [0.29, 0.717) is 31.5 Å². The van der Waals surface area contributed by atoms with E-state index in [2.05, 4.69) is 37.9 Å². The smallest absolute Gasteiger partial charge is 0.234 e. The zero-order valence-electron chi connectivity index (χ0n) is 13.1. The normalized spacial score (nSPS) is 23.2. The zero-order chi connectivity index (χ0) is 15.3. The molecule has 1 saturated heterocycles. The monoisotopic (exact) mass is 304 g/mol. The van der Waals surface area contributed by atoms with Crippen LogP contribution in [-0.2, 0) is 14.6 Å².